The van der Waals surface area contributed by atoms with Gasteiger partial charge in [0.25, 0.3) is 0 Å². The van der Waals surface area contributed by atoms with Crippen LogP contribution in [0.5, 0.6) is 0 Å². The van der Waals surface area contributed by atoms with Crippen molar-refractivity contribution in [3.8, 4) is 0 Å². The first-order valence-corrected chi connectivity index (χ1v) is 9.13. The predicted molar refractivity (Wildman–Crippen MR) is 92.8 cm³/mol. The minimum atomic E-state index is -3.76. The van der Waals surface area contributed by atoms with Crippen molar-refractivity contribution in [2.45, 2.75) is 17.7 Å². The molecule has 0 radical (unpaired) electrons. The van der Waals surface area contributed by atoms with Crippen LogP contribution in [-0.2, 0) is 14.8 Å². The highest BCUT2D eigenvalue weighted by atomic mass is 35.5. The standard InChI is InChI=1S/C17H18ClNO4S/c1-12(13-6-4-3-5-7-13)11-19-24(21,22)14-8-9-16(18)15(10-14)17(20)23-2/h3-10,12,19H,11H2,1-2H3. The van der Waals surface area contributed by atoms with Crippen LogP contribution >= 0.6 is 11.6 Å². The van der Waals surface area contributed by atoms with E-state index in [0.717, 1.165) is 5.56 Å². The molecule has 2 aromatic carbocycles. The van der Waals surface area contributed by atoms with Crippen molar-refractivity contribution < 1.29 is 17.9 Å². The van der Waals surface area contributed by atoms with Crippen molar-refractivity contribution in [2.75, 3.05) is 13.7 Å². The smallest absolute Gasteiger partial charge is 0.339 e. The van der Waals surface area contributed by atoms with Crippen LogP contribution in [0.15, 0.2) is 53.4 Å². The normalized spacial score (nSPS) is 12.6. The number of halogens is 1. The Morgan fingerprint density at radius 1 is 1.21 bits per heavy atom. The van der Waals surface area contributed by atoms with Crippen LogP contribution in [-0.4, -0.2) is 28.0 Å². The second-order valence-corrected chi connectivity index (χ2v) is 7.47. The van der Waals surface area contributed by atoms with E-state index in [9.17, 15) is 13.2 Å². The maximum atomic E-state index is 12.4. The average Bonchev–Trinajstić information content (AvgIpc) is 2.60. The highest BCUT2D eigenvalue weighted by Gasteiger charge is 2.20. The van der Waals surface area contributed by atoms with Crippen molar-refractivity contribution in [1.82, 2.24) is 4.72 Å². The Morgan fingerprint density at radius 3 is 2.50 bits per heavy atom. The number of carbonyl (C=O) groups is 1. The van der Waals surface area contributed by atoms with Crippen molar-refractivity contribution in [2.24, 2.45) is 0 Å². The van der Waals surface area contributed by atoms with Gasteiger partial charge in [-0.2, -0.15) is 0 Å². The fourth-order valence-electron chi connectivity index (χ4n) is 2.16. The maximum absolute atomic E-state index is 12.4. The van der Waals surface area contributed by atoms with Gasteiger partial charge in [-0.3, -0.25) is 0 Å². The Hall–Kier alpha value is -1.89. The van der Waals surface area contributed by atoms with E-state index in [1.807, 2.05) is 37.3 Å². The summed E-state index contributed by atoms with van der Waals surface area (Å²) in [6, 6.07) is 13.5. The van der Waals surface area contributed by atoms with Gasteiger partial charge in [-0.1, -0.05) is 48.9 Å². The zero-order valence-corrected chi connectivity index (χ0v) is 14.9. The summed E-state index contributed by atoms with van der Waals surface area (Å²) in [5.41, 5.74) is 1.05. The number of methoxy groups -OCH3 is 1. The van der Waals surface area contributed by atoms with Crippen LogP contribution in [0.25, 0.3) is 0 Å². The molecule has 0 aliphatic heterocycles. The molecule has 0 aliphatic rings. The summed E-state index contributed by atoms with van der Waals surface area (Å²) >= 11 is 5.91. The zero-order valence-electron chi connectivity index (χ0n) is 13.3. The molecular formula is C17H18ClNO4S. The predicted octanol–water partition coefficient (Wildman–Crippen LogP) is 3.21. The molecule has 0 fully saturated rings. The molecule has 7 heteroatoms. The number of hydrogen-bond acceptors (Lipinski definition) is 4. The molecule has 1 unspecified atom stereocenters. The van der Waals surface area contributed by atoms with Gasteiger partial charge in [-0.15, -0.1) is 0 Å². The first-order valence-electron chi connectivity index (χ1n) is 7.27. The minimum Gasteiger partial charge on any atom is -0.465 e. The Kier molecular flexibility index (Phi) is 5.99. The molecule has 0 spiro atoms. The van der Waals surface area contributed by atoms with Crippen LogP contribution in [0.4, 0.5) is 0 Å². The van der Waals surface area contributed by atoms with Gasteiger partial charge in [0.1, 0.15) is 0 Å². The maximum Gasteiger partial charge on any atom is 0.339 e. The average molecular weight is 368 g/mol. The lowest BCUT2D eigenvalue weighted by molar-refractivity contribution is 0.0600. The van der Waals surface area contributed by atoms with Crippen molar-refractivity contribution in [3.63, 3.8) is 0 Å². The summed E-state index contributed by atoms with van der Waals surface area (Å²) in [5.74, 6) is -0.678. The molecule has 0 amide bonds. The molecular weight excluding hydrogens is 350 g/mol. The molecule has 2 aromatic rings. The van der Waals surface area contributed by atoms with Gasteiger partial charge in [-0.05, 0) is 29.7 Å². The van der Waals surface area contributed by atoms with Crippen LogP contribution in [0.1, 0.15) is 28.8 Å². The van der Waals surface area contributed by atoms with Crippen molar-refractivity contribution in [3.05, 3.63) is 64.7 Å². The molecule has 0 aromatic heterocycles. The third-order valence-electron chi connectivity index (χ3n) is 3.60. The van der Waals surface area contributed by atoms with Crippen molar-refractivity contribution in [1.29, 1.82) is 0 Å². The molecule has 0 saturated carbocycles. The number of ether oxygens (including phenoxy) is 1. The molecule has 0 aliphatic carbocycles. The number of benzene rings is 2. The van der Waals surface area contributed by atoms with E-state index < -0.39 is 16.0 Å². The van der Waals surface area contributed by atoms with Gasteiger partial charge >= 0.3 is 5.97 Å². The molecule has 1 N–H and O–H groups in total. The molecule has 2 rings (SSSR count). The second-order valence-electron chi connectivity index (χ2n) is 5.30. The molecule has 0 saturated heterocycles. The molecule has 5 nitrogen and oxygen atoms in total. The largest absolute Gasteiger partial charge is 0.465 e. The number of sulfonamides is 1. The quantitative estimate of drug-likeness (QED) is 0.796. The van der Waals surface area contributed by atoms with E-state index in [4.69, 9.17) is 11.6 Å². The van der Waals surface area contributed by atoms with E-state index >= 15 is 0 Å². The summed E-state index contributed by atoms with van der Waals surface area (Å²) < 4.78 is 32.0. The van der Waals surface area contributed by atoms with Crippen LogP contribution in [0.2, 0.25) is 5.02 Å². The molecule has 0 heterocycles. The van der Waals surface area contributed by atoms with Gasteiger partial charge in [0.15, 0.2) is 0 Å². The van der Waals surface area contributed by atoms with E-state index in [0.29, 0.717) is 0 Å². The topological polar surface area (TPSA) is 72.5 Å². The summed E-state index contributed by atoms with van der Waals surface area (Å²) in [4.78, 5) is 11.6. The summed E-state index contributed by atoms with van der Waals surface area (Å²) in [6.07, 6.45) is 0. The van der Waals surface area contributed by atoms with E-state index in [-0.39, 0.29) is 27.9 Å². The molecule has 24 heavy (non-hydrogen) atoms. The van der Waals surface area contributed by atoms with Gasteiger partial charge in [-0.25, -0.2) is 17.9 Å². The van der Waals surface area contributed by atoms with Gasteiger partial charge < -0.3 is 4.74 Å². The lowest BCUT2D eigenvalue weighted by atomic mass is 10.0. The third-order valence-corrected chi connectivity index (χ3v) is 5.35. The Morgan fingerprint density at radius 2 is 1.88 bits per heavy atom. The minimum absolute atomic E-state index is 0.00773. The van der Waals surface area contributed by atoms with Gasteiger partial charge in [0.05, 0.1) is 22.6 Å². The number of esters is 1. The zero-order chi connectivity index (χ0) is 17.7. The van der Waals surface area contributed by atoms with E-state index in [1.165, 1.54) is 25.3 Å². The number of carbonyl (C=O) groups excluding carboxylic acids is 1. The Balaban J connectivity index is 2.17. The van der Waals surface area contributed by atoms with Crippen molar-refractivity contribution >= 4 is 27.6 Å². The van der Waals surface area contributed by atoms with Crippen LogP contribution in [0.3, 0.4) is 0 Å². The Labute approximate surface area is 146 Å². The van der Waals surface area contributed by atoms with E-state index in [1.54, 1.807) is 0 Å². The number of hydrogen-bond donors (Lipinski definition) is 1. The SMILES string of the molecule is COC(=O)c1cc(S(=O)(=O)NCC(C)c2ccccc2)ccc1Cl. The highest BCUT2D eigenvalue weighted by molar-refractivity contribution is 7.89. The van der Waals surface area contributed by atoms with Crippen LogP contribution in [0, 0.1) is 0 Å². The summed E-state index contributed by atoms with van der Waals surface area (Å²) in [6.45, 7) is 2.17. The second kappa shape index (κ2) is 7.79. The first kappa shape index (κ1) is 18.4. The fraction of sp³-hybridized carbons (Fsp3) is 0.235. The van der Waals surface area contributed by atoms with E-state index in [2.05, 4.69) is 9.46 Å². The molecule has 1 atom stereocenters. The molecule has 128 valence electrons. The fourth-order valence-corrected chi connectivity index (χ4v) is 3.51. The van der Waals surface area contributed by atoms with Gasteiger partial charge in [0, 0.05) is 6.54 Å². The first-order chi connectivity index (χ1) is 11.3. The lowest BCUT2D eigenvalue weighted by Crippen LogP contribution is -2.28. The Bertz CT molecular complexity index is 822. The number of rotatable bonds is 6. The monoisotopic (exact) mass is 367 g/mol. The summed E-state index contributed by atoms with van der Waals surface area (Å²) in [7, 11) is -2.55. The molecule has 0 bridgehead atoms. The van der Waals surface area contributed by atoms with Crippen LogP contribution < -0.4 is 4.72 Å². The highest BCUT2D eigenvalue weighted by Crippen LogP contribution is 2.22. The summed E-state index contributed by atoms with van der Waals surface area (Å²) in [5, 5.41) is 0.137. The third kappa shape index (κ3) is 4.35. The lowest BCUT2D eigenvalue weighted by Gasteiger charge is -2.14. The van der Waals surface area contributed by atoms with Gasteiger partial charge in [0.2, 0.25) is 10.0 Å². The number of nitrogens with one attached hydrogen (secondary N) is 1.